The van der Waals surface area contributed by atoms with Gasteiger partial charge in [0.1, 0.15) is 12.6 Å². The van der Waals surface area contributed by atoms with Crippen LogP contribution in [-0.2, 0) is 26.2 Å². The molecule has 0 saturated carbocycles. The van der Waals surface area contributed by atoms with Crippen LogP contribution in [0.5, 0.6) is 0 Å². The summed E-state index contributed by atoms with van der Waals surface area (Å²) in [5.41, 5.74) is 2.01. The number of nitrogens with zero attached hydrogens (tertiary/aromatic N) is 3. The normalized spacial score (nSPS) is 12.2. The van der Waals surface area contributed by atoms with Crippen molar-refractivity contribution in [3.8, 4) is 0 Å². The van der Waals surface area contributed by atoms with Crippen molar-refractivity contribution in [2.75, 3.05) is 17.1 Å². The van der Waals surface area contributed by atoms with Crippen LogP contribution >= 0.6 is 0 Å². The highest BCUT2D eigenvalue weighted by Crippen LogP contribution is 2.28. The number of carbonyl (C=O) groups excluding carboxylic acids is 2. The molecule has 0 bridgehead atoms. The summed E-state index contributed by atoms with van der Waals surface area (Å²) in [6.45, 7) is 8.42. The quantitative estimate of drug-likeness (QED) is 0.359. The Hall–Kier alpha value is -3.47. The lowest BCUT2D eigenvalue weighted by molar-refractivity contribution is -0.384. The van der Waals surface area contributed by atoms with Crippen molar-refractivity contribution >= 4 is 33.2 Å². The summed E-state index contributed by atoms with van der Waals surface area (Å²) < 4.78 is 26.3. The molecule has 2 amide bonds. The smallest absolute Gasteiger partial charge is 0.271 e. The first-order chi connectivity index (χ1) is 16.7. The van der Waals surface area contributed by atoms with E-state index in [1.807, 2.05) is 45.0 Å². The molecule has 0 fully saturated rings. The van der Waals surface area contributed by atoms with Crippen molar-refractivity contribution < 1.29 is 22.9 Å². The predicted octanol–water partition coefficient (Wildman–Crippen LogP) is 3.31. The Bertz CT molecular complexity index is 1210. The van der Waals surface area contributed by atoms with Gasteiger partial charge in [-0.2, -0.15) is 0 Å². The average molecular weight is 519 g/mol. The van der Waals surface area contributed by atoms with E-state index in [2.05, 4.69) is 5.32 Å². The van der Waals surface area contributed by atoms with Gasteiger partial charge in [0.05, 0.1) is 16.9 Å². The van der Waals surface area contributed by atoms with Gasteiger partial charge in [-0.1, -0.05) is 42.8 Å². The number of benzene rings is 2. The molecule has 0 saturated heterocycles. The average Bonchev–Trinajstić information content (AvgIpc) is 2.77. The van der Waals surface area contributed by atoms with E-state index in [9.17, 15) is 28.1 Å². The van der Waals surface area contributed by atoms with Crippen LogP contribution in [-0.4, -0.2) is 54.9 Å². The van der Waals surface area contributed by atoms with Crippen LogP contribution in [0.25, 0.3) is 0 Å². The fraction of sp³-hybridized carbons (Fsp3) is 0.440. The van der Waals surface area contributed by atoms with E-state index >= 15 is 0 Å². The highest BCUT2D eigenvalue weighted by molar-refractivity contribution is 7.92. The van der Waals surface area contributed by atoms with Crippen molar-refractivity contribution in [3.63, 3.8) is 0 Å². The zero-order valence-corrected chi connectivity index (χ0v) is 22.3. The standard InChI is InChI=1S/C25H34N4O6S/c1-7-22(25(31)26-17(2)3)27(15-20-11-8-18(4)9-12-20)24(30)16-28(36(6,34)35)23-14-21(29(32)33)13-10-19(23)5/h8-14,17,22H,7,15-16H2,1-6H3,(H,26,31)/t22-/m0/s1. The minimum absolute atomic E-state index is 0.0371. The minimum Gasteiger partial charge on any atom is -0.352 e. The summed E-state index contributed by atoms with van der Waals surface area (Å²) in [5, 5.41) is 14.1. The molecule has 0 spiro atoms. The van der Waals surface area contributed by atoms with Crippen LogP contribution < -0.4 is 9.62 Å². The van der Waals surface area contributed by atoms with Gasteiger partial charge in [0.2, 0.25) is 21.8 Å². The Labute approximate surface area is 212 Å². The number of anilines is 1. The van der Waals surface area contributed by atoms with E-state index in [0.717, 1.165) is 27.8 Å². The Kier molecular flexibility index (Phi) is 9.57. The van der Waals surface area contributed by atoms with Gasteiger partial charge in [-0.05, 0) is 45.2 Å². The molecular formula is C25H34N4O6S. The Balaban J connectivity index is 2.52. The monoisotopic (exact) mass is 518 g/mol. The van der Waals surface area contributed by atoms with E-state index < -0.39 is 33.4 Å². The van der Waals surface area contributed by atoms with E-state index in [4.69, 9.17) is 0 Å². The van der Waals surface area contributed by atoms with E-state index in [1.54, 1.807) is 13.8 Å². The number of amides is 2. The Morgan fingerprint density at radius 3 is 2.19 bits per heavy atom. The summed E-state index contributed by atoms with van der Waals surface area (Å²) in [6, 6.07) is 10.3. The van der Waals surface area contributed by atoms with Crippen molar-refractivity contribution in [3.05, 3.63) is 69.3 Å². The molecule has 196 valence electrons. The topological polar surface area (TPSA) is 130 Å². The Morgan fingerprint density at radius 1 is 1.08 bits per heavy atom. The van der Waals surface area contributed by atoms with Crippen LogP contribution in [0, 0.1) is 24.0 Å². The number of nitro groups is 1. The lowest BCUT2D eigenvalue weighted by atomic mass is 10.1. The van der Waals surface area contributed by atoms with E-state index in [-0.39, 0.29) is 29.9 Å². The number of aryl methyl sites for hydroxylation is 2. The number of hydrogen-bond acceptors (Lipinski definition) is 6. The summed E-state index contributed by atoms with van der Waals surface area (Å²) in [7, 11) is -4.00. The van der Waals surface area contributed by atoms with Gasteiger partial charge in [-0.3, -0.25) is 24.0 Å². The number of nitrogens with one attached hydrogen (secondary N) is 1. The van der Waals surface area contributed by atoms with Gasteiger partial charge >= 0.3 is 0 Å². The van der Waals surface area contributed by atoms with Crippen molar-refractivity contribution in [1.82, 2.24) is 10.2 Å². The molecule has 0 aliphatic carbocycles. The maximum atomic E-state index is 13.7. The SMILES string of the molecule is CC[C@@H](C(=O)NC(C)C)N(Cc1ccc(C)cc1)C(=O)CN(c1cc([N+](=O)[O-])ccc1C)S(C)(=O)=O. The Morgan fingerprint density at radius 2 is 1.69 bits per heavy atom. The second-order valence-corrected chi connectivity index (χ2v) is 11.0. The van der Waals surface area contributed by atoms with Crippen molar-refractivity contribution in [1.29, 1.82) is 0 Å². The van der Waals surface area contributed by atoms with Crippen LogP contribution in [0.4, 0.5) is 11.4 Å². The first-order valence-corrected chi connectivity index (χ1v) is 13.5. The lowest BCUT2D eigenvalue weighted by Gasteiger charge is -2.33. The molecule has 2 aromatic carbocycles. The number of sulfonamides is 1. The van der Waals surface area contributed by atoms with Gasteiger partial charge in [0.15, 0.2) is 0 Å². The van der Waals surface area contributed by atoms with Crippen LogP contribution in [0.15, 0.2) is 42.5 Å². The summed E-state index contributed by atoms with van der Waals surface area (Å²) in [4.78, 5) is 38.7. The number of carbonyl (C=O) groups is 2. The van der Waals surface area contributed by atoms with Gasteiger partial charge < -0.3 is 10.2 Å². The molecule has 2 rings (SSSR count). The molecule has 11 heteroatoms. The minimum atomic E-state index is -4.00. The maximum Gasteiger partial charge on any atom is 0.271 e. The van der Waals surface area contributed by atoms with Crippen molar-refractivity contribution in [2.45, 2.75) is 59.7 Å². The van der Waals surface area contributed by atoms with Crippen LogP contribution in [0.1, 0.15) is 43.9 Å². The van der Waals surface area contributed by atoms with Gasteiger partial charge in [0, 0.05) is 24.7 Å². The van der Waals surface area contributed by atoms with Gasteiger partial charge in [0.25, 0.3) is 5.69 Å². The molecule has 0 unspecified atom stereocenters. The highest BCUT2D eigenvalue weighted by atomic mass is 32.2. The predicted molar refractivity (Wildman–Crippen MR) is 139 cm³/mol. The van der Waals surface area contributed by atoms with E-state index in [1.165, 1.54) is 17.0 Å². The van der Waals surface area contributed by atoms with Crippen molar-refractivity contribution in [2.24, 2.45) is 0 Å². The van der Waals surface area contributed by atoms with Gasteiger partial charge in [-0.15, -0.1) is 0 Å². The zero-order valence-electron chi connectivity index (χ0n) is 21.5. The molecule has 1 atom stereocenters. The van der Waals surface area contributed by atoms with Crippen LogP contribution in [0.2, 0.25) is 0 Å². The molecule has 0 aromatic heterocycles. The lowest BCUT2D eigenvalue weighted by Crippen LogP contribution is -2.53. The number of non-ortho nitro benzene ring substituents is 1. The molecule has 0 heterocycles. The third-order valence-electron chi connectivity index (χ3n) is 5.64. The van der Waals surface area contributed by atoms with Gasteiger partial charge in [-0.25, -0.2) is 8.42 Å². The molecule has 0 aliphatic heterocycles. The first kappa shape index (κ1) is 28.8. The number of rotatable bonds is 11. The first-order valence-electron chi connectivity index (χ1n) is 11.6. The summed E-state index contributed by atoms with van der Waals surface area (Å²) >= 11 is 0. The molecule has 2 aromatic rings. The molecular weight excluding hydrogens is 484 g/mol. The number of nitro benzene ring substituents is 1. The zero-order chi connectivity index (χ0) is 27.2. The maximum absolute atomic E-state index is 13.7. The largest absolute Gasteiger partial charge is 0.352 e. The highest BCUT2D eigenvalue weighted by Gasteiger charge is 2.32. The third kappa shape index (κ3) is 7.51. The molecule has 0 radical (unpaired) electrons. The van der Waals surface area contributed by atoms with Crippen LogP contribution in [0.3, 0.4) is 0 Å². The summed E-state index contributed by atoms with van der Waals surface area (Å²) in [5.74, 6) is -0.942. The fourth-order valence-corrected chi connectivity index (χ4v) is 4.66. The fourth-order valence-electron chi connectivity index (χ4n) is 3.77. The number of hydrogen-bond donors (Lipinski definition) is 1. The summed E-state index contributed by atoms with van der Waals surface area (Å²) in [6.07, 6.45) is 1.25. The second-order valence-electron chi connectivity index (χ2n) is 9.09. The molecule has 10 nitrogen and oxygen atoms in total. The molecule has 0 aliphatic rings. The third-order valence-corrected chi connectivity index (χ3v) is 6.77. The van der Waals surface area contributed by atoms with E-state index in [0.29, 0.717) is 12.0 Å². The second kappa shape index (κ2) is 12.0. The molecule has 36 heavy (non-hydrogen) atoms. The molecule has 1 N–H and O–H groups in total.